The van der Waals surface area contributed by atoms with Crippen LogP contribution in [0.25, 0.3) is 0 Å². The molecular formula is C13H21N3O2. The van der Waals surface area contributed by atoms with Gasteiger partial charge in [0.1, 0.15) is 5.69 Å². The molecule has 1 atom stereocenters. The van der Waals surface area contributed by atoms with Gasteiger partial charge in [-0.1, -0.05) is 0 Å². The molecule has 0 spiro atoms. The number of carbonyl (C=O) groups excluding carboxylic acids is 1. The SMILES string of the molecule is CC(C)n1cc(N)cc1C(=O)N1CCC[C@H](O)C1. The van der Waals surface area contributed by atoms with E-state index in [0.717, 1.165) is 12.8 Å². The molecule has 2 heterocycles. The molecule has 0 radical (unpaired) electrons. The lowest BCUT2D eigenvalue weighted by Crippen LogP contribution is -2.42. The predicted molar refractivity (Wildman–Crippen MR) is 70.4 cm³/mol. The summed E-state index contributed by atoms with van der Waals surface area (Å²) < 4.78 is 1.89. The first kappa shape index (κ1) is 13.0. The molecule has 5 heteroatoms. The Morgan fingerprint density at radius 2 is 2.28 bits per heavy atom. The van der Waals surface area contributed by atoms with Crippen molar-refractivity contribution in [2.24, 2.45) is 0 Å². The minimum Gasteiger partial charge on any atom is -0.397 e. The standard InChI is InChI=1S/C13H21N3O2/c1-9(2)16-7-10(14)6-12(16)13(18)15-5-3-4-11(17)8-15/h6-7,9,11,17H,3-5,8,14H2,1-2H3/t11-/m0/s1. The highest BCUT2D eigenvalue weighted by molar-refractivity contribution is 5.94. The monoisotopic (exact) mass is 251 g/mol. The maximum Gasteiger partial charge on any atom is 0.270 e. The van der Waals surface area contributed by atoms with Crippen LogP contribution in [0, 0.1) is 0 Å². The highest BCUT2D eigenvalue weighted by atomic mass is 16.3. The highest BCUT2D eigenvalue weighted by Crippen LogP contribution is 2.20. The summed E-state index contributed by atoms with van der Waals surface area (Å²) in [6, 6.07) is 1.90. The minimum absolute atomic E-state index is 0.0425. The smallest absolute Gasteiger partial charge is 0.270 e. The van der Waals surface area contributed by atoms with Crippen molar-refractivity contribution >= 4 is 11.6 Å². The van der Waals surface area contributed by atoms with Crippen LogP contribution < -0.4 is 5.73 Å². The Bertz CT molecular complexity index is 439. The van der Waals surface area contributed by atoms with E-state index in [4.69, 9.17) is 5.73 Å². The second kappa shape index (κ2) is 5.02. The maximum atomic E-state index is 12.4. The molecule has 1 fully saturated rings. The summed E-state index contributed by atoms with van der Waals surface area (Å²) in [5, 5.41) is 9.63. The van der Waals surface area contributed by atoms with Crippen LogP contribution in [0.5, 0.6) is 0 Å². The van der Waals surface area contributed by atoms with E-state index >= 15 is 0 Å². The predicted octanol–water partition coefficient (Wildman–Crippen LogP) is 1.25. The Kier molecular flexibility index (Phi) is 3.61. The Balaban J connectivity index is 2.22. The van der Waals surface area contributed by atoms with E-state index in [0.29, 0.717) is 24.5 Å². The van der Waals surface area contributed by atoms with Gasteiger partial charge in [-0.3, -0.25) is 4.79 Å². The molecule has 100 valence electrons. The van der Waals surface area contributed by atoms with Crippen LogP contribution in [0.3, 0.4) is 0 Å². The molecule has 2 rings (SSSR count). The summed E-state index contributed by atoms with van der Waals surface area (Å²) in [5.41, 5.74) is 6.98. The van der Waals surface area contributed by atoms with Gasteiger partial charge in [-0.2, -0.15) is 0 Å². The van der Waals surface area contributed by atoms with Crippen molar-refractivity contribution in [1.82, 2.24) is 9.47 Å². The van der Waals surface area contributed by atoms with Gasteiger partial charge in [0.15, 0.2) is 0 Å². The molecule has 18 heavy (non-hydrogen) atoms. The third-order valence-corrected chi connectivity index (χ3v) is 3.33. The van der Waals surface area contributed by atoms with Gasteiger partial charge >= 0.3 is 0 Å². The number of anilines is 1. The first-order valence-electron chi connectivity index (χ1n) is 6.43. The number of nitrogens with two attached hydrogens (primary N) is 1. The molecule has 1 saturated heterocycles. The van der Waals surface area contributed by atoms with Gasteiger partial charge in [0, 0.05) is 25.3 Å². The number of hydrogen-bond acceptors (Lipinski definition) is 3. The van der Waals surface area contributed by atoms with Crippen molar-refractivity contribution in [1.29, 1.82) is 0 Å². The number of aromatic nitrogens is 1. The van der Waals surface area contributed by atoms with Gasteiger partial charge < -0.3 is 20.3 Å². The van der Waals surface area contributed by atoms with Crippen molar-refractivity contribution in [3.8, 4) is 0 Å². The average Bonchev–Trinajstić information content (AvgIpc) is 2.70. The fourth-order valence-electron chi connectivity index (χ4n) is 2.40. The Morgan fingerprint density at radius 1 is 1.56 bits per heavy atom. The second-order valence-corrected chi connectivity index (χ2v) is 5.21. The average molecular weight is 251 g/mol. The lowest BCUT2D eigenvalue weighted by molar-refractivity contribution is 0.0464. The van der Waals surface area contributed by atoms with Crippen LogP contribution in [-0.4, -0.2) is 39.7 Å². The fourth-order valence-corrected chi connectivity index (χ4v) is 2.40. The van der Waals surface area contributed by atoms with Crippen molar-refractivity contribution < 1.29 is 9.90 Å². The van der Waals surface area contributed by atoms with Gasteiger partial charge in [-0.25, -0.2) is 0 Å². The second-order valence-electron chi connectivity index (χ2n) is 5.21. The molecular weight excluding hydrogens is 230 g/mol. The zero-order valence-corrected chi connectivity index (χ0v) is 11.0. The lowest BCUT2D eigenvalue weighted by atomic mass is 10.1. The lowest BCUT2D eigenvalue weighted by Gasteiger charge is -2.30. The Morgan fingerprint density at radius 3 is 2.89 bits per heavy atom. The Hall–Kier alpha value is -1.49. The highest BCUT2D eigenvalue weighted by Gasteiger charge is 2.25. The van der Waals surface area contributed by atoms with Gasteiger partial charge in [0.2, 0.25) is 0 Å². The number of aliphatic hydroxyl groups is 1. The number of amides is 1. The molecule has 0 bridgehead atoms. The molecule has 0 aromatic carbocycles. The van der Waals surface area contributed by atoms with E-state index in [-0.39, 0.29) is 11.9 Å². The van der Waals surface area contributed by atoms with Crippen LogP contribution in [0.4, 0.5) is 5.69 Å². The third-order valence-electron chi connectivity index (χ3n) is 3.33. The summed E-state index contributed by atoms with van der Waals surface area (Å²) in [6.45, 7) is 5.16. The maximum absolute atomic E-state index is 12.4. The van der Waals surface area contributed by atoms with Crippen molar-refractivity contribution in [2.45, 2.75) is 38.8 Å². The van der Waals surface area contributed by atoms with E-state index < -0.39 is 6.10 Å². The summed E-state index contributed by atoms with van der Waals surface area (Å²) in [6.07, 6.45) is 3.02. The number of carbonyl (C=O) groups is 1. The zero-order valence-electron chi connectivity index (χ0n) is 11.0. The first-order chi connectivity index (χ1) is 8.49. The number of piperidine rings is 1. The van der Waals surface area contributed by atoms with Crippen molar-refractivity contribution in [3.63, 3.8) is 0 Å². The number of nitrogens with zero attached hydrogens (tertiary/aromatic N) is 2. The van der Waals surface area contributed by atoms with Crippen molar-refractivity contribution in [2.75, 3.05) is 18.8 Å². The van der Waals surface area contributed by atoms with Crippen molar-refractivity contribution in [3.05, 3.63) is 18.0 Å². The number of nitrogen functional groups attached to an aromatic ring is 1. The van der Waals surface area contributed by atoms with E-state index in [1.165, 1.54) is 0 Å². The van der Waals surface area contributed by atoms with Crippen LogP contribution in [-0.2, 0) is 0 Å². The zero-order chi connectivity index (χ0) is 13.3. The Labute approximate surface area is 107 Å². The summed E-state index contributed by atoms with van der Waals surface area (Å²) >= 11 is 0. The molecule has 1 amide bonds. The number of β-amino-alcohol motifs (C(OH)–C–C–N with tert-alkyl or cyclic N) is 1. The molecule has 0 saturated carbocycles. The molecule has 0 aliphatic carbocycles. The van der Waals surface area contributed by atoms with Crippen LogP contribution in [0.2, 0.25) is 0 Å². The van der Waals surface area contributed by atoms with E-state index in [1.54, 1.807) is 17.2 Å². The number of aliphatic hydroxyl groups excluding tert-OH is 1. The molecule has 1 aliphatic heterocycles. The summed E-state index contributed by atoms with van der Waals surface area (Å²) in [5.74, 6) is -0.0425. The van der Waals surface area contributed by atoms with Crippen LogP contribution >= 0.6 is 0 Å². The summed E-state index contributed by atoms with van der Waals surface area (Å²) in [7, 11) is 0. The van der Waals surface area contributed by atoms with Gasteiger partial charge in [-0.05, 0) is 32.8 Å². The van der Waals surface area contributed by atoms with E-state index in [2.05, 4.69) is 0 Å². The first-order valence-corrected chi connectivity index (χ1v) is 6.43. The molecule has 1 aromatic heterocycles. The van der Waals surface area contributed by atoms with E-state index in [9.17, 15) is 9.90 Å². The fraction of sp³-hybridized carbons (Fsp3) is 0.615. The third kappa shape index (κ3) is 2.51. The number of hydrogen-bond donors (Lipinski definition) is 2. The summed E-state index contributed by atoms with van der Waals surface area (Å²) in [4.78, 5) is 14.1. The number of likely N-dealkylation sites (tertiary alicyclic amines) is 1. The van der Waals surface area contributed by atoms with E-state index in [1.807, 2.05) is 18.4 Å². The van der Waals surface area contributed by atoms with Crippen LogP contribution in [0.1, 0.15) is 43.2 Å². The van der Waals surface area contributed by atoms with Gasteiger partial charge in [0.05, 0.1) is 11.8 Å². The molecule has 0 unspecified atom stereocenters. The normalized spacial score (nSPS) is 20.4. The topological polar surface area (TPSA) is 71.5 Å². The molecule has 1 aromatic rings. The van der Waals surface area contributed by atoms with Gasteiger partial charge in [0.25, 0.3) is 5.91 Å². The minimum atomic E-state index is -0.400. The molecule has 1 aliphatic rings. The van der Waals surface area contributed by atoms with Crippen LogP contribution in [0.15, 0.2) is 12.3 Å². The van der Waals surface area contributed by atoms with Gasteiger partial charge in [-0.15, -0.1) is 0 Å². The molecule has 3 N–H and O–H groups in total. The number of rotatable bonds is 2. The quantitative estimate of drug-likeness (QED) is 0.831. The largest absolute Gasteiger partial charge is 0.397 e. The molecule has 5 nitrogen and oxygen atoms in total.